The predicted molar refractivity (Wildman–Crippen MR) is 81.7 cm³/mol. The summed E-state index contributed by atoms with van der Waals surface area (Å²) in [4.78, 5) is 11.8. The standard InChI is InChI=1S/C16H12ClNO3/c17-12-3-5-13(6-4-12)18-16(19)8-2-11-1-7-14-15(9-11)21-10-20-14/h1-9H,10H2,(H,18,19). The lowest BCUT2D eigenvalue weighted by Gasteiger charge is -2.02. The van der Waals surface area contributed by atoms with Crippen molar-refractivity contribution in [3.8, 4) is 11.5 Å². The van der Waals surface area contributed by atoms with Crippen molar-refractivity contribution in [3.63, 3.8) is 0 Å². The number of fused-ring (bicyclic) bond motifs is 1. The molecule has 0 atom stereocenters. The van der Waals surface area contributed by atoms with Gasteiger partial charge in [0, 0.05) is 16.8 Å². The second-order valence-corrected chi connectivity index (χ2v) is 4.88. The average molecular weight is 302 g/mol. The molecule has 0 spiro atoms. The summed E-state index contributed by atoms with van der Waals surface area (Å²) in [6, 6.07) is 12.4. The number of carbonyl (C=O) groups is 1. The highest BCUT2D eigenvalue weighted by Crippen LogP contribution is 2.32. The molecule has 0 saturated heterocycles. The maximum atomic E-state index is 11.8. The van der Waals surface area contributed by atoms with Crippen LogP contribution >= 0.6 is 11.6 Å². The number of rotatable bonds is 3. The Balaban J connectivity index is 1.65. The summed E-state index contributed by atoms with van der Waals surface area (Å²) in [5.74, 6) is 1.20. The van der Waals surface area contributed by atoms with E-state index in [0.29, 0.717) is 16.5 Å². The predicted octanol–water partition coefficient (Wildman–Crippen LogP) is 3.72. The molecule has 5 heteroatoms. The molecule has 0 aromatic heterocycles. The molecule has 2 aromatic carbocycles. The van der Waals surface area contributed by atoms with Crippen molar-refractivity contribution >= 4 is 29.3 Å². The van der Waals surface area contributed by atoms with Gasteiger partial charge in [0.05, 0.1) is 0 Å². The summed E-state index contributed by atoms with van der Waals surface area (Å²) in [6.45, 7) is 0.236. The Bertz CT molecular complexity index is 695. The molecule has 2 aromatic rings. The van der Waals surface area contributed by atoms with Gasteiger partial charge < -0.3 is 14.8 Å². The summed E-state index contributed by atoms with van der Waals surface area (Å²) in [6.07, 6.45) is 3.18. The number of nitrogens with one attached hydrogen (secondary N) is 1. The second-order valence-electron chi connectivity index (χ2n) is 4.44. The number of amides is 1. The Morgan fingerprint density at radius 2 is 1.86 bits per heavy atom. The highest BCUT2D eigenvalue weighted by molar-refractivity contribution is 6.30. The lowest BCUT2D eigenvalue weighted by atomic mass is 10.2. The van der Waals surface area contributed by atoms with Gasteiger partial charge in [-0.1, -0.05) is 17.7 Å². The van der Waals surface area contributed by atoms with Crippen molar-refractivity contribution < 1.29 is 14.3 Å². The van der Waals surface area contributed by atoms with E-state index in [0.717, 1.165) is 11.3 Å². The number of benzene rings is 2. The van der Waals surface area contributed by atoms with E-state index in [1.807, 2.05) is 18.2 Å². The smallest absolute Gasteiger partial charge is 0.248 e. The first-order valence-electron chi connectivity index (χ1n) is 6.35. The Morgan fingerprint density at radius 1 is 1.10 bits per heavy atom. The summed E-state index contributed by atoms with van der Waals surface area (Å²) < 4.78 is 10.5. The molecule has 0 bridgehead atoms. The quantitative estimate of drug-likeness (QED) is 0.879. The van der Waals surface area contributed by atoms with Crippen LogP contribution < -0.4 is 14.8 Å². The number of ether oxygens (including phenoxy) is 2. The minimum Gasteiger partial charge on any atom is -0.454 e. The van der Waals surface area contributed by atoms with Crippen molar-refractivity contribution in [2.24, 2.45) is 0 Å². The molecule has 21 heavy (non-hydrogen) atoms. The van der Waals surface area contributed by atoms with Gasteiger partial charge in [0.15, 0.2) is 11.5 Å². The SMILES string of the molecule is O=C(C=Cc1ccc2c(c1)OCO2)Nc1ccc(Cl)cc1. The van der Waals surface area contributed by atoms with Crippen LogP contribution in [0.25, 0.3) is 6.08 Å². The monoisotopic (exact) mass is 301 g/mol. The van der Waals surface area contributed by atoms with E-state index in [9.17, 15) is 4.79 Å². The third kappa shape index (κ3) is 3.35. The third-order valence-electron chi connectivity index (χ3n) is 2.94. The lowest BCUT2D eigenvalue weighted by molar-refractivity contribution is -0.111. The topological polar surface area (TPSA) is 47.6 Å². The maximum absolute atomic E-state index is 11.8. The van der Waals surface area contributed by atoms with Gasteiger partial charge in [0.25, 0.3) is 0 Å². The molecule has 106 valence electrons. The van der Waals surface area contributed by atoms with Gasteiger partial charge in [-0.25, -0.2) is 0 Å². The van der Waals surface area contributed by atoms with Crippen LogP contribution in [0.4, 0.5) is 5.69 Å². The molecule has 0 radical (unpaired) electrons. The summed E-state index contributed by atoms with van der Waals surface area (Å²) in [5.41, 5.74) is 1.56. The molecule has 1 aliphatic rings. The first-order valence-corrected chi connectivity index (χ1v) is 6.73. The minimum absolute atomic E-state index is 0.213. The van der Waals surface area contributed by atoms with Crippen molar-refractivity contribution in [2.45, 2.75) is 0 Å². The molecule has 4 nitrogen and oxygen atoms in total. The van der Waals surface area contributed by atoms with Crippen LogP contribution in [-0.2, 0) is 4.79 Å². The zero-order valence-corrected chi connectivity index (χ0v) is 11.8. The Kier molecular flexibility index (Phi) is 3.79. The molecule has 0 unspecified atom stereocenters. The largest absolute Gasteiger partial charge is 0.454 e. The average Bonchev–Trinajstić information content (AvgIpc) is 2.95. The summed E-state index contributed by atoms with van der Waals surface area (Å²) in [7, 11) is 0. The highest BCUT2D eigenvalue weighted by atomic mass is 35.5. The van der Waals surface area contributed by atoms with Gasteiger partial charge in [-0.05, 0) is 48.0 Å². The number of anilines is 1. The van der Waals surface area contributed by atoms with Crippen LogP contribution in [0.2, 0.25) is 5.02 Å². The van der Waals surface area contributed by atoms with E-state index >= 15 is 0 Å². The van der Waals surface area contributed by atoms with Gasteiger partial charge in [-0.3, -0.25) is 4.79 Å². The van der Waals surface area contributed by atoms with Crippen molar-refractivity contribution in [1.82, 2.24) is 0 Å². The first kappa shape index (κ1) is 13.5. The van der Waals surface area contributed by atoms with Gasteiger partial charge in [0.2, 0.25) is 12.7 Å². The fourth-order valence-electron chi connectivity index (χ4n) is 1.91. The van der Waals surface area contributed by atoms with Crippen LogP contribution in [0.15, 0.2) is 48.5 Å². The molecule has 0 aliphatic carbocycles. The molecule has 0 fully saturated rings. The van der Waals surface area contributed by atoms with E-state index < -0.39 is 0 Å². The summed E-state index contributed by atoms with van der Waals surface area (Å²) in [5, 5.41) is 3.38. The minimum atomic E-state index is -0.213. The van der Waals surface area contributed by atoms with E-state index in [-0.39, 0.29) is 12.7 Å². The fourth-order valence-corrected chi connectivity index (χ4v) is 2.03. The second kappa shape index (κ2) is 5.89. The Morgan fingerprint density at radius 3 is 2.67 bits per heavy atom. The van der Waals surface area contributed by atoms with Crippen molar-refractivity contribution in [2.75, 3.05) is 12.1 Å². The van der Waals surface area contributed by atoms with Crippen LogP contribution in [0.5, 0.6) is 11.5 Å². The molecule has 1 aliphatic heterocycles. The zero-order valence-electron chi connectivity index (χ0n) is 11.0. The normalized spacial score (nSPS) is 12.6. The van der Waals surface area contributed by atoms with Crippen LogP contribution in [0, 0.1) is 0 Å². The Labute approximate surface area is 126 Å². The fraction of sp³-hybridized carbons (Fsp3) is 0.0625. The van der Waals surface area contributed by atoms with E-state index in [4.69, 9.17) is 21.1 Å². The number of hydrogen-bond donors (Lipinski definition) is 1. The molecule has 0 saturated carbocycles. The van der Waals surface area contributed by atoms with E-state index in [2.05, 4.69) is 5.32 Å². The van der Waals surface area contributed by atoms with Crippen molar-refractivity contribution in [3.05, 3.63) is 59.1 Å². The first-order chi connectivity index (χ1) is 10.2. The molecular weight excluding hydrogens is 290 g/mol. The van der Waals surface area contributed by atoms with Gasteiger partial charge in [-0.2, -0.15) is 0 Å². The molecule has 1 N–H and O–H groups in total. The zero-order chi connectivity index (χ0) is 14.7. The molecule has 1 amide bonds. The van der Waals surface area contributed by atoms with Crippen LogP contribution in [0.3, 0.4) is 0 Å². The molecular formula is C16H12ClNO3. The third-order valence-corrected chi connectivity index (χ3v) is 3.19. The number of carbonyl (C=O) groups excluding carboxylic acids is 1. The number of hydrogen-bond acceptors (Lipinski definition) is 3. The lowest BCUT2D eigenvalue weighted by Crippen LogP contribution is -2.07. The molecule has 1 heterocycles. The Hall–Kier alpha value is -2.46. The number of halogens is 1. The van der Waals surface area contributed by atoms with Gasteiger partial charge in [0.1, 0.15) is 0 Å². The van der Waals surface area contributed by atoms with Gasteiger partial charge >= 0.3 is 0 Å². The van der Waals surface area contributed by atoms with Gasteiger partial charge in [-0.15, -0.1) is 0 Å². The summed E-state index contributed by atoms with van der Waals surface area (Å²) >= 11 is 5.79. The van der Waals surface area contributed by atoms with Crippen molar-refractivity contribution in [1.29, 1.82) is 0 Å². The maximum Gasteiger partial charge on any atom is 0.248 e. The van der Waals surface area contributed by atoms with E-state index in [1.165, 1.54) is 6.08 Å². The highest BCUT2D eigenvalue weighted by Gasteiger charge is 2.12. The molecule has 3 rings (SSSR count). The van der Waals surface area contributed by atoms with E-state index in [1.54, 1.807) is 30.3 Å². The van der Waals surface area contributed by atoms with Crippen LogP contribution in [0.1, 0.15) is 5.56 Å². The van der Waals surface area contributed by atoms with Crippen LogP contribution in [-0.4, -0.2) is 12.7 Å².